The number of hydrogen-bond acceptors (Lipinski definition) is 11. The Hall–Kier alpha value is -2.65. The second-order valence-electron chi connectivity index (χ2n) is 10.2. The summed E-state index contributed by atoms with van der Waals surface area (Å²) in [6.07, 6.45) is -12.4. The van der Waals surface area contributed by atoms with Crippen molar-refractivity contribution < 1.29 is 54.8 Å². The standard InChI is InChI=1S/C28H37NO11/c1-13-8-15(14-4-3-5-16(9-14)27(37)29-2)6-7-18(13)39-28-23(33)17(22(32)20(11-30)40-28)10-19-24(34)26(36)25(35)21(12-31)38-19/h3-9,17,19-26,28,30-36H,10-12H2,1-2H3,(H,29,37). The van der Waals surface area contributed by atoms with Crippen LogP contribution in [0.2, 0.25) is 0 Å². The lowest BCUT2D eigenvalue weighted by atomic mass is 9.81. The lowest BCUT2D eigenvalue weighted by Crippen LogP contribution is -2.62. The molecule has 0 saturated carbocycles. The van der Waals surface area contributed by atoms with Crippen molar-refractivity contribution in [1.29, 1.82) is 0 Å². The van der Waals surface area contributed by atoms with Crippen LogP contribution < -0.4 is 10.1 Å². The number of rotatable bonds is 8. The van der Waals surface area contributed by atoms with Crippen LogP contribution >= 0.6 is 0 Å². The fraction of sp³-hybridized carbons (Fsp3) is 0.536. The van der Waals surface area contributed by atoms with Crippen molar-refractivity contribution >= 4 is 5.91 Å². The summed E-state index contributed by atoms with van der Waals surface area (Å²) in [6, 6.07) is 12.4. The Labute approximate surface area is 231 Å². The Balaban J connectivity index is 1.52. The van der Waals surface area contributed by atoms with Gasteiger partial charge in [0.15, 0.2) is 0 Å². The van der Waals surface area contributed by atoms with Crippen molar-refractivity contribution in [2.45, 2.75) is 68.5 Å². The lowest BCUT2D eigenvalue weighted by molar-refractivity contribution is -0.278. The molecule has 2 aliphatic heterocycles. The van der Waals surface area contributed by atoms with Crippen LogP contribution in [-0.4, -0.2) is 117 Å². The van der Waals surface area contributed by atoms with Gasteiger partial charge in [0.1, 0.15) is 42.4 Å². The van der Waals surface area contributed by atoms with E-state index in [1.54, 1.807) is 44.3 Å². The predicted octanol–water partition coefficient (Wildman–Crippen LogP) is -1.31. The number of aliphatic hydroxyl groups excluding tert-OH is 7. The molecule has 2 aromatic rings. The zero-order valence-corrected chi connectivity index (χ0v) is 22.2. The third-order valence-corrected chi connectivity index (χ3v) is 7.62. The van der Waals surface area contributed by atoms with Gasteiger partial charge < -0.3 is 55.3 Å². The average Bonchev–Trinajstić information content (AvgIpc) is 2.97. The van der Waals surface area contributed by atoms with Crippen LogP contribution in [0.1, 0.15) is 22.3 Å². The number of amides is 1. The first-order valence-corrected chi connectivity index (χ1v) is 13.1. The molecule has 1 amide bonds. The van der Waals surface area contributed by atoms with E-state index in [9.17, 15) is 40.5 Å². The highest BCUT2D eigenvalue weighted by Gasteiger charge is 2.50. The first kappa shape index (κ1) is 30.3. The van der Waals surface area contributed by atoms with Gasteiger partial charge in [0.25, 0.3) is 5.91 Å². The first-order chi connectivity index (χ1) is 19.1. The molecule has 8 N–H and O–H groups in total. The molecule has 10 unspecified atom stereocenters. The number of ether oxygens (including phenoxy) is 3. The second-order valence-corrected chi connectivity index (χ2v) is 10.2. The van der Waals surface area contributed by atoms with E-state index in [0.29, 0.717) is 16.9 Å². The topological polar surface area (TPSA) is 198 Å². The molecule has 0 spiro atoms. The van der Waals surface area contributed by atoms with Crippen LogP contribution in [0.25, 0.3) is 11.1 Å². The minimum atomic E-state index is -1.61. The molecule has 2 aliphatic rings. The first-order valence-electron chi connectivity index (χ1n) is 13.1. The summed E-state index contributed by atoms with van der Waals surface area (Å²) in [5.41, 5.74) is 2.84. The smallest absolute Gasteiger partial charge is 0.251 e. The zero-order chi connectivity index (χ0) is 29.1. The highest BCUT2D eigenvalue weighted by molar-refractivity contribution is 5.95. The zero-order valence-electron chi connectivity index (χ0n) is 22.2. The molecule has 12 nitrogen and oxygen atoms in total. The number of benzene rings is 2. The molecule has 0 radical (unpaired) electrons. The van der Waals surface area contributed by atoms with Gasteiger partial charge in [-0.15, -0.1) is 0 Å². The number of carbonyl (C=O) groups is 1. The van der Waals surface area contributed by atoms with Crippen LogP contribution in [0.3, 0.4) is 0 Å². The maximum Gasteiger partial charge on any atom is 0.251 e. The molecule has 40 heavy (non-hydrogen) atoms. The summed E-state index contributed by atoms with van der Waals surface area (Å²) < 4.78 is 17.2. The van der Waals surface area contributed by atoms with Gasteiger partial charge in [-0.05, 0) is 54.3 Å². The van der Waals surface area contributed by atoms with Gasteiger partial charge in [-0.1, -0.05) is 18.2 Å². The Morgan fingerprint density at radius 1 is 0.825 bits per heavy atom. The van der Waals surface area contributed by atoms with E-state index in [1.165, 1.54) is 0 Å². The van der Waals surface area contributed by atoms with Gasteiger partial charge in [0.05, 0.1) is 25.4 Å². The number of aryl methyl sites for hydroxylation is 1. The Morgan fingerprint density at radius 3 is 2.12 bits per heavy atom. The van der Waals surface area contributed by atoms with E-state index >= 15 is 0 Å². The van der Waals surface area contributed by atoms with Crippen molar-refractivity contribution in [3.8, 4) is 16.9 Å². The van der Waals surface area contributed by atoms with Crippen LogP contribution in [0, 0.1) is 12.8 Å². The van der Waals surface area contributed by atoms with E-state index in [-0.39, 0.29) is 12.3 Å². The highest BCUT2D eigenvalue weighted by atomic mass is 16.7. The summed E-state index contributed by atoms with van der Waals surface area (Å²) in [5.74, 6) is -0.861. The SMILES string of the molecule is CNC(=O)c1cccc(-c2ccc(OC3OC(CO)C(O)C(CC4OC(CO)C(O)C(O)C4O)C3O)c(C)c2)c1. The van der Waals surface area contributed by atoms with Crippen molar-refractivity contribution in [1.82, 2.24) is 5.32 Å². The highest BCUT2D eigenvalue weighted by Crippen LogP contribution is 2.36. The fourth-order valence-electron chi connectivity index (χ4n) is 5.25. The quantitative estimate of drug-likeness (QED) is 0.190. The van der Waals surface area contributed by atoms with Crippen LogP contribution in [-0.2, 0) is 9.47 Å². The molecule has 0 aromatic heterocycles. The molecule has 4 rings (SSSR count). The summed E-state index contributed by atoms with van der Waals surface area (Å²) in [7, 11) is 1.56. The summed E-state index contributed by atoms with van der Waals surface area (Å²) >= 11 is 0. The molecule has 0 aliphatic carbocycles. The van der Waals surface area contributed by atoms with E-state index in [2.05, 4.69) is 5.32 Å². The third-order valence-electron chi connectivity index (χ3n) is 7.62. The lowest BCUT2D eigenvalue weighted by Gasteiger charge is -2.46. The monoisotopic (exact) mass is 563 g/mol. The van der Waals surface area contributed by atoms with Crippen molar-refractivity contribution in [3.05, 3.63) is 53.6 Å². The predicted molar refractivity (Wildman–Crippen MR) is 140 cm³/mol. The number of carbonyl (C=O) groups excluding carboxylic acids is 1. The molecule has 2 aromatic carbocycles. The van der Waals surface area contributed by atoms with Crippen LogP contribution in [0.5, 0.6) is 5.75 Å². The molecule has 12 heteroatoms. The molecule has 10 atom stereocenters. The normalized spacial score (nSPS) is 34.3. The Bertz CT molecular complexity index is 1160. The van der Waals surface area contributed by atoms with Crippen molar-refractivity contribution in [2.75, 3.05) is 20.3 Å². The van der Waals surface area contributed by atoms with Crippen molar-refractivity contribution in [3.63, 3.8) is 0 Å². The van der Waals surface area contributed by atoms with Gasteiger partial charge in [-0.2, -0.15) is 0 Å². The second kappa shape index (κ2) is 12.9. The molecule has 220 valence electrons. The van der Waals surface area contributed by atoms with Gasteiger partial charge in [0, 0.05) is 18.5 Å². The molecule has 0 bridgehead atoms. The van der Waals surface area contributed by atoms with E-state index < -0.39 is 74.3 Å². The van der Waals surface area contributed by atoms with Gasteiger partial charge >= 0.3 is 0 Å². The van der Waals surface area contributed by atoms with E-state index in [0.717, 1.165) is 11.1 Å². The summed E-state index contributed by atoms with van der Waals surface area (Å²) in [4.78, 5) is 12.0. The van der Waals surface area contributed by atoms with E-state index in [1.807, 2.05) is 12.1 Å². The maximum atomic E-state index is 12.0. The molecule has 2 heterocycles. The largest absolute Gasteiger partial charge is 0.462 e. The Kier molecular flexibility index (Phi) is 9.77. The number of aliphatic hydroxyl groups is 7. The van der Waals surface area contributed by atoms with Gasteiger partial charge in [0.2, 0.25) is 6.29 Å². The van der Waals surface area contributed by atoms with Crippen LogP contribution in [0.15, 0.2) is 42.5 Å². The molecule has 2 saturated heterocycles. The maximum absolute atomic E-state index is 12.0. The van der Waals surface area contributed by atoms with Gasteiger partial charge in [-0.3, -0.25) is 4.79 Å². The fourth-order valence-corrected chi connectivity index (χ4v) is 5.25. The molecular weight excluding hydrogens is 526 g/mol. The van der Waals surface area contributed by atoms with E-state index in [4.69, 9.17) is 14.2 Å². The minimum absolute atomic E-state index is 0.191. The molecular formula is C28H37NO11. The number of hydrogen-bond donors (Lipinski definition) is 8. The summed E-state index contributed by atoms with van der Waals surface area (Å²) in [5, 5.41) is 74.5. The third kappa shape index (κ3) is 6.15. The average molecular weight is 564 g/mol. The Morgan fingerprint density at radius 2 is 1.48 bits per heavy atom. The summed E-state index contributed by atoms with van der Waals surface area (Å²) in [6.45, 7) is 0.593. The minimum Gasteiger partial charge on any atom is -0.462 e. The van der Waals surface area contributed by atoms with Crippen molar-refractivity contribution in [2.24, 2.45) is 5.92 Å². The number of nitrogens with one attached hydrogen (secondary N) is 1. The molecule has 2 fully saturated rings. The van der Waals surface area contributed by atoms with Crippen LogP contribution in [0.4, 0.5) is 0 Å². The van der Waals surface area contributed by atoms with Gasteiger partial charge in [-0.25, -0.2) is 0 Å².